The van der Waals surface area contributed by atoms with Crippen LogP contribution in [0.3, 0.4) is 0 Å². The third-order valence-electron chi connectivity index (χ3n) is 4.14. The van der Waals surface area contributed by atoms with Crippen LogP contribution in [0.1, 0.15) is 43.2 Å². The molecule has 1 fully saturated rings. The van der Waals surface area contributed by atoms with Crippen molar-refractivity contribution in [2.24, 2.45) is 0 Å². The normalized spacial score (nSPS) is 16.5. The molecule has 2 nitrogen and oxygen atoms in total. The molecule has 0 bridgehead atoms. The van der Waals surface area contributed by atoms with Crippen LogP contribution in [0.2, 0.25) is 0 Å². The predicted octanol–water partition coefficient (Wildman–Crippen LogP) is 2.53. The number of hydrogen-bond acceptors (Lipinski definition) is 1. The summed E-state index contributed by atoms with van der Waals surface area (Å²) in [6.45, 7) is 9.21. The summed E-state index contributed by atoms with van der Waals surface area (Å²) in [6, 6.07) is 6.34. The first-order chi connectivity index (χ1) is 9.27. The van der Waals surface area contributed by atoms with E-state index < -0.39 is 0 Å². The van der Waals surface area contributed by atoms with Gasteiger partial charge >= 0.3 is 0 Å². The van der Waals surface area contributed by atoms with E-state index in [-0.39, 0.29) is 0 Å². The van der Waals surface area contributed by atoms with Crippen molar-refractivity contribution in [1.82, 2.24) is 0 Å². The highest BCUT2D eigenvalue weighted by atomic mass is 16.5. The average Bonchev–Trinajstić information content (AvgIpc) is 2.42. The number of benzene rings is 1. The van der Waals surface area contributed by atoms with Crippen LogP contribution in [-0.4, -0.2) is 26.2 Å². The molecule has 1 aromatic rings. The van der Waals surface area contributed by atoms with Crippen LogP contribution in [0.15, 0.2) is 18.2 Å². The molecule has 1 aromatic carbocycles. The van der Waals surface area contributed by atoms with Crippen LogP contribution >= 0.6 is 0 Å². The van der Waals surface area contributed by atoms with Crippen molar-refractivity contribution in [3.63, 3.8) is 0 Å². The van der Waals surface area contributed by atoms with Gasteiger partial charge in [0.05, 0.1) is 26.2 Å². The Bertz CT molecular complexity index is 363. The molecule has 0 saturated carbocycles. The third kappa shape index (κ3) is 4.54. The second-order valence-corrected chi connectivity index (χ2v) is 5.84. The van der Waals surface area contributed by atoms with E-state index in [1.807, 2.05) is 0 Å². The molecule has 2 rings (SSSR count). The van der Waals surface area contributed by atoms with Crippen molar-refractivity contribution in [3.05, 3.63) is 29.3 Å². The first kappa shape index (κ1) is 14.4. The van der Waals surface area contributed by atoms with Crippen LogP contribution in [-0.2, 0) is 0 Å². The largest absolute Gasteiger partial charge is 0.493 e. The van der Waals surface area contributed by atoms with E-state index in [1.165, 1.54) is 62.9 Å². The van der Waals surface area contributed by atoms with Crippen molar-refractivity contribution in [2.75, 3.05) is 26.2 Å². The van der Waals surface area contributed by atoms with Gasteiger partial charge in [-0.3, -0.25) is 0 Å². The lowest BCUT2D eigenvalue weighted by molar-refractivity contribution is -0.905. The minimum Gasteiger partial charge on any atom is -0.493 e. The van der Waals surface area contributed by atoms with Crippen molar-refractivity contribution in [2.45, 2.75) is 46.0 Å². The molecule has 1 heterocycles. The smallest absolute Gasteiger partial charge is 0.125 e. The Morgan fingerprint density at radius 1 is 1.00 bits per heavy atom. The Morgan fingerprint density at radius 2 is 1.68 bits per heavy atom. The summed E-state index contributed by atoms with van der Waals surface area (Å²) in [5, 5.41) is 0. The number of quaternary nitrogens is 1. The molecule has 0 radical (unpaired) electrons. The molecule has 0 unspecified atom stereocenters. The predicted molar refractivity (Wildman–Crippen MR) is 80.1 cm³/mol. The fourth-order valence-corrected chi connectivity index (χ4v) is 2.98. The molecule has 0 spiro atoms. The summed E-state index contributed by atoms with van der Waals surface area (Å²) in [5.74, 6) is 1.09. The maximum atomic E-state index is 5.95. The molecule has 1 aliphatic rings. The zero-order valence-electron chi connectivity index (χ0n) is 12.5. The van der Waals surface area contributed by atoms with Crippen molar-refractivity contribution in [3.8, 4) is 5.75 Å². The monoisotopic (exact) mass is 262 g/mol. The Morgan fingerprint density at radius 3 is 2.37 bits per heavy atom. The topological polar surface area (TPSA) is 13.7 Å². The van der Waals surface area contributed by atoms with Gasteiger partial charge in [0, 0.05) is 0 Å². The first-order valence-electron chi connectivity index (χ1n) is 7.80. The Labute approximate surface area is 117 Å². The van der Waals surface area contributed by atoms with E-state index >= 15 is 0 Å². The summed E-state index contributed by atoms with van der Waals surface area (Å²) >= 11 is 0. The lowest BCUT2D eigenvalue weighted by atomic mass is 10.1. The van der Waals surface area contributed by atoms with E-state index in [4.69, 9.17) is 4.74 Å². The highest BCUT2D eigenvalue weighted by Crippen LogP contribution is 2.22. The number of piperidine rings is 1. The Hall–Kier alpha value is -1.02. The van der Waals surface area contributed by atoms with E-state index in [9.17, 15) is 0 Å². The molecule has 0 atom stereocenters. The fraction of sp³-hybridized carbons (Fsp3) is 0.647. The number of hydrogen-bond donors (Lipinski definition) is 1. The first-order valence-corrected chi connectivity index (χ1v) is 7.80. The van der Waals surface area contributed by atoms with E-state index in [2.05, 4.69) is 32.0 Å². The number of nitrogens with one attached hydrogen (secondary N) is 1. The summed E-state index contributed by atoms with van der Waals surface area (Å²) < 4.78 is 5.95. The molecular formula is C17H28NO+. The molecule has 0 aliphatic carbocycles. The molecule has 0 amide bonds. The third-order valence-corrected chi connectivity index (χ3v) is 4.14. The van der Waals surface area contributed by atoms with Gasteiger partial charge in [-0.1, -0.05) is 18.2 Å². The van der Waals surface area contributed by atoms with E-state index in [0.29, 0.717) is 0 Å². The minimum atomic E-state index is 0.860. The summed E-state index contributed by atoms with van der Waals surface area (Å²) in [5.41, 5.74) is 2.50. The SMILES string of the molecule is Cc1cccc(C)c1OCCCC[NH+]1CCCCC1. The quantitative estimate of drug-likeness (QED) is 0.778. The number of para-hydroxylation sites is 1. The number of rotatable bonds is 6. The van der Waals surface area contributed by atoms with Gasteiger partial charge in [-0.2, -0.15) is 0 Å². The van der Waals surface area contributed by atoms with Crippen molar-refractivity contribution < 1.29 is 9.64 Å². The van der Waals surface area contributed by atoms with Crippen molar-refractivity contribution >= 4 is 0 Å². The second kappa shape index (κ2) is 7.54. The molecule has 0 aromatic heterocycles. The van der Waals surface area contributed by atoms with Crippen LogP contribution in [0, 0.1) is 13.8 Å². The molecule has 1 N–H and O–H groups in total. The lowest BCUT2D eigenvalue weighted by Crippen LogP contribution is -3.12. The van der Waals surface area contributed by atoms with Gasteiger partial charge in [0.1, 0.15) is 5.75 Å². The van der Waals surface area contributed by atoms with Crippen LogP contribution in [0.5, 0.6) is 5.75 Å². The Balaban J connectivity index is 1.63. The molecule has 106 valence electrons. The summed E-state index contributed by atoms with van der Waals surface area (Å²) in [6.07, 6.45) is 6.76. The lowest BCUT2D eigenvalue weighted by Gasteiger charge is -2.23. The van der Waals surface area contributed by atoms with Gasteiger partial charge < -0.3 is 9.64 Å². The van der Waals surface area contributed by atoms with Crippen LogP contribution in [0.25, 0.3) is 0 Å². The summed E-state index contributed by atoms with van der Waals surface area (Å²) in [7, 11) is 0. The summed E-state index contributed by atoms with van der Waals surface area (Å²) in [4.78, 5) is 1.80. The number of likely N-dealkylation sites (tertiary alicyclic amines) is 1. The fourth-order valence-electron chi connectivity index (χ4n) is 2.98. The number of aryl methyl sites for hydroxylation is 2. The zero-order valence-corrected chi connectivity index (χ0v) is 12.5. The van der Waals surface area contributed by atoms with E-state index in [1.54, 1.807) is 4.90 Å². The van der Waals surface area contributed by atoms with Gasteiger partial charge in [-0.05, 0) is 57.1 Å². The molecule has 19 heavy (non-hydrogen) atoms. The van der Waals surface area contributed by atoms with Crippen LogP contribution in [0.4, 0.5) is 0 Å². The number of ether oxygens (including phenoxy) is 1. The maximum absolute atomic E-state index is 5.95. The van der Waals surface area contributed by atoms with E-state index in [0.717, 1.165) is 12.4 Å². The number of unbranched alkanes of at least 4 members (excludes halogenated alkanes) is 1. The zero-order chi connectivity index (χ0) is 13.5. The molecule has 2 heteroatoms. The maximum Gasteiger partial charge on any atom is 0.125 e. The average molecular weight is 262 g/mol. The Kier molecular flexibility index (Phi) is 5.71. The molecule has 1 aliphatic heterocycles. The van der Waals surface area contributed by atoms with Gasteiger partial charge in [0.15, 0.2) is 0 Å². The van der Waals surface area contributed by atoms with Crippen LogP contribution < -0.4 is 9.64 Å². The van der Waals surface area contributed by atoms with Gasteiger partial charge in [0.25, 0.3) is 0 Å². The molecular weight excluding hydrogens is 234 g/mol. The van der Waals surface area contributed by atoms with Crippen molar-refractivity contribution in [1.29, 1.82) is 0 Å². The minimum absolute atomic E-state index is 0.860. The van der Waals surface area contributed by atoms with Gasteiger partial charge in [0.2, 0.25) is 0 Å². The molecule has 1 saturated heterocycles. The van der Waals surface area contributed by atoms with Gasteiger partial charge in [-0.25, -0.2) is 0 Å². The highest BCUT2D eigenvalue weighted by Gasteiger charge is 2.12. The standard InChI is InChI=1S/C17H27NO/c1-15-9-8-10-16(2)17(15)19-14-7-6-13-18-11-4-3-5-12-18/h8-10H,3-7,11-14H2,1-2H3/p+1. The van der Waals surface area contributed by atoms with Gasteiger partial charge in [-0.15, -0.1) is 0 Å². The second-order valence-electron chi connectivity index (χ2n) is 5.84. The highest BCUT2D eigenvalue weighted by molar-refractivity contribution is 5.39.